The fourth-order valence-electron chi connectivity index (χ4n) is 1.45. The van der Waals surface area contributed by atoms with E-state index in [1.165, 1.54) is 6.08 Å². The summed E-state index contributed by atoms with van der Waals surface area (Å²) < 4.78 is 0. The van der Waals surface area contributed by atoms with E-state index in [1.807, 2.05) is 20.8 Å². The van der Waals surface area contributed by atoms with Gasteiger partial charge in [0, 0.05) is 5.54 Å². The number of isocyanates is 1. The predicted octanol–water partition coefficient (Wildman–Crippen LogP) is 1.16. The molecule has 0 saturated heterocycles. The van der Waals surface area contributed by atoms with Crippen LogP contribution in [0.25, 0.3) is 0 Å². The van der Waals surface area contributed by atoms with E-state index in [2.05, 4.69) is 10.3 Å². The third-order valence-electron chi connectivity index (χ3n) is 2.35. The molecule has 1 aliphatic carbocycles. The maximum absolute atomic E-state index is 11.8. The Bertz CT molecular complexity index is 281. The van der Waals surface area contributed by atoms with Gasteiger partial charge in [0.15, 0.2) is 5.54 Å². The molecule has 0 aromatic rings. The Morgan fingerprint density at radius 2 is 2.00 bits per heavy atom. The number of carbonyl (C=O) groups excluding carboxylic acids is 2. The van der Waals surface area contributed by atoms with Crippen LogP contribution in [0.5, 0.6) is 0 Å². The number of hydrogen-bond donors (Lipinski definition) is 1. The van der Waals surface area contributed by atoms with E-state index in [-0.39, 0.29) is 11.4 Å². The van der Waals surface area contributed by atoms with Gasteiger partial charge < -0.3 is 5.32 Å². The summed E-state index contributed by atoms with van der Waals surface area (Å²) >= 11 is 0. The molecule has 1 N–H and O–H groups in total. The molecule has 4 heteroatoms. The van der Waals surface area contributed by atoms with Gasteiger partial charge in [0.25, 0.3) is 0 Å². The molecule has 14 heavy (non-hydrogen) atoms. The third-order valence-corrected chi connectivity index (χ3v) is 2.35. The first-order valence-electron chi connectivity index (χ1n) is 4.81. The van der Waals surface area contributed by atoms with Crippen molar-refractivity contribution in [3.05, 3.63) is 0 Å². The Morgan fingerprint density at radius 1 is 1.43 bits per heavy atom. The lowest BCUT2D eigenvalue weighted by atomic mass is 9.76. The van der Waals surface area contributed by atoms with Crippen LogP contribution in [0.3, 0.4) is 0 Å². The summed E-state index contributed by atoms with van der Waals surface area (Å²) in [7, 11) is 0. The van der Waals surface area contributed by atoms with Crippen molar-refractivity contribution in [2.75, 3.05) is 0 Å². The average Bonchev–Trinajstić information content (AvgIpc) is 1.92. The Balaban J connectivity index is 2.71. The molecule has 0 spiro atoms. The van der Waals surface area contributed by atoms with Gasteiger partial charge in [0.1, 0.15) is 0 Å². The van der Waals surface area contributed by atoms with Crippen LogP contribution in [0.1, 0.15) is 40.0 Å². The third kappa shape index (κ3) is 2.20. The van der Waals surface area contributed by atoms with E-state index >= 15 is 0 Å². The highest BCUT2D eigenvalue weighted by Gasteiger charge is 2.45. The molecule has 0 aromatic heterocycles. The summed E-state index contributed by atoms with van der Waals surface area (Å²) in [6, 6.07) is 0. The molecule has 4 nitrogen and oxygen atoms in total. The number of rotatable bonds is 2. The highest BCUT2D eigenvalue weighted by atomic mass is 16.2. The van der Waals surface area contributed by atoms with Gasteiger partial charge >= 0.3 is 0 Å². The van der Waals surface area contributed by atoms with Gasteiger partial charge in [-0.25, -0.2) is 4.79 Å². The largest absolute Gasteiger partial charge is 0.349 e. The van der Waals surface area contributed by atoms with Crippen molar-refractivity contribution < 1.29 is 9.59 Å². The predicted molar refractivity (Wildman–Crippen MR) is 52.6 cm³/mol. The number of hydrogen-bond acceptors (Lipinski definition) is 3. The zero-order valence-electron chi connectivity index (χ0n) is 8.89. The zero-order valence-corrected chi connectivity index (χ0v) is 8.89. The Labute approximate surface area is 83.8 Å². The summed E-state index contributed by atoms with van der Waals surface area (Å²) in [5.74, 6) is -0.153. The lowest BCUT2D eigenvalue weighted by Crippen LogP contribution is -2.55. The maximum atomic E-state index is 11.8. The first kappa shape index (κ1) is 10.9. The fourth-order valence-corrected chi connectivity index (χ4v) is 1.45. The smallest absolute Gasteiger partial charge is 0.249 e. The lowest BCUT2D eigenvalue weighted by Gasteiger charge is -2.37. The molecule has 78 valence electrons. The standard InChI is InChI=1S/C10H16N2O2/c1-9(2,3)12-8(14)10(11-7-13)5-4-6-10/h4-6H2,1-3H3,(H,12,14). The molecule has 0 unspecified atom stereocenters. The van der Waals surface area contributed by atoms with Gasteiger partial charge in [-0.1, -0.05) is 0 Å². The average molecular weight is 196 g/mol. The minimum absolute atomic E-state index is 0.153. The van der Waals surface area contributed by atoms with Crippen molar-refractivity contribution in [2.45, 2.75) is 51.1 Å². The van der Waals surface area contributed by atoms with Gasteiger partial charge in [-0.05, 0) is 40.0 Å². The first-order chi connectivity index (χ1) is 6.40. The molecule has 0 radical (unpaired) electrons. The van der Waals surface area contributed by atoms with Gasteiger partial charge in [0.2, 0.25) is 12.0 Å². The number of aliphatic imine (C=N–C) groups is 1. The minimum atomic E-state index is -0.810. The molecule has 1 amide bonds. The Kier molecular flexibility index (Phi) is 2.76. The van der Waals surface area contributed by atoms with Crippen LogP contribution in [0.2, 0.25) is 0 Å². The van der Waals surface area contributed by atoms with Crippen molar-refractivity contribution >= 4 is 12.0 Å². The number of carbonyl (C=O) groups is 1. The normalized spacial score (nSPS) is 19.1. The summed E-state index contributed by atoms with van der Waals surface area (Å²) in [5.41, 5.74) is -1.09. The van der Waals surface area contributed by atoms with Gasteiger partial charge in [-0.15, -0.1) is 0 Å². The lowest BCUT2D eigenvalue weighted by molar-refractivity contribution is -0.130. The van der Waals surface area contributed by atoms with Crippen LogP contribution in [-0.4, -0.2) is 23.1 Å². The molecular formula is C10H16N2O2. The fraction of sp³-hybridized carbons (Fsp3) is 0.800. The van der Waals surface area contributed by atoms with Crippen molar-refractivity contribution in [1.82, 2.24) is 5.32 Å². The zero-order chi connectivity index (χ0) is 10.8. The molecule has 1 fully saturated rings. The molecular weight excluding hydrogens is 180 g/mol. The second kappa shape index (κ2) is 3.54. The first-order valence-corrected chi connectivity index (χ1v) is 4.81. The van der Waals surface area contributed by atoms with Crippen LogP contribution in [0.4, 0.5) is 0 Å². The second-order valence-electron chi connectivity index (χ2n) is 4.79. The van der Waals surface area contributed by atoms with E-state index in [9.17, 15) is 9.59 Å². The van der Waals surface area contributed by atoms with Crippen LogP contribution < -0.4 is 5.32 Å². The number of nitrogens with one attached hydrogen (secondary N) is 1. The molecule has 0 bridgehead atoms. The van der Waals surface area contributed by atoms with Crippen molar-refractivity contribution in [1.29, 1.82) is 0 Å². The van der Waals surface area contributed by atoms with E-state index in [0.717, 1.165) is 6.42 Å². The van der Waals surface area contributed by atoms with Crippen LogP contribution in [-0.2, 0) is 9.59 Å². The molecule has 0 heterocycles. The van der Waals surface area contributed by atoms with E-state index < -0.39 is 5.54 Å². The van der Waals surface area contributed by atoms with E-state index in [4.69, 9.17) is 0 Å². The summed E-state index contributed by atoms with van der Waals surface area (Å²) in [6.45, 7) is 5.71. The molecule has 1 saturated carbocycles. The van der Waals surface area contributed by atoms with Gasteiger partial charge in [-0.2, -0.15) is 4.99 Å². The monoisotopic (exact) mass is 196 g/mol. The highest BCUT2D eigenvalue weighted by molar-refractivity contribution is 5.88. The summed E-state index contributed by atoms with van der Waals surface area (Å²) in [5, 5.41) is 2.84. The minimum Gasteiger partial charge on any atom is -0.349 e. The van der Waals surface area contributed by atoms with E-state index in [1.54, 1.807) is 0 Å². The topological polar surface area (TPSA) is 58.5 Å². The van der Waals surface area contributed by atoms with Crippen molar-refractivity contribution in [3.63, 3.8) is 0 Å². The van der Waals surface area contributed by atoms with Crippen molar-refractivity contribution in [3.8, 4) is 0 Å². The SMILES string of the molecule is CC(C)(C)NC(=O)C1(N=C=O)CCC1. The number of amides is 1. The van der Waals surface area contributed by atoms with E-state index in [0.29, 0.717) is 12.8 Å². The van der Waals surface area contributed by atoms with Gasteiger partial charge in [0.05, 0.1) is 0 Å². The molecule has 0 atom stereocenters. The Morgan fingerprint density at radius 3 is 2.29 bits per heavy atom. The van der Waals surface area contributed by atoms with Crippen LogP contribution in [0, 0.1) is 0 Å². The molecule has 0 aliphatic heterocycles. The summed E-state index contributed by atoms with van der Waals surface area (Å²) in [6.07, 6.45) is 3.75. The summed E-state index contributed by atoms with van der Waals surface area (Å²) in [4.78, 5) is 25.6. The van der Waals surface area contributed by atoms with Crippen LogP contribution >= 0.6 is 0 Å². The van der Waals surface area contributed by atoms with Gasteiger partial charge in [-0.3, -0.25) is 4.79 Å². The highest BCUT2D eigenvalue weighted by Crippen LogP contribution is 2.35. The quantitative estimate of drug-likeness (QED) is 0.532. The van der Waals surface area contributed by atoms with Crippen LogP contribution in [0.15, 0.2) is 4.99 Å². The Hall–Kier alpha value is -1.15. The molecule has 1 aliphatic rings. The maximum Gasteiger partial charge on any atom is 0.249 e. The molecule has 1 rings (SSSR count). The number of nitrogens with zero attached hydrogens (tertiary/aromatic N) is 1. The van der Waals surface area contributed by atoms with Crippen molar-refractivity contribution in [2.24, 2.45) is 4.99 Å². The second-order valence-corrected chi connectivity index (χ2v) is 4.79. The molecule has 0 aromatic carbocycles.